The minimum atomic E-state index is -0.555. The minimum Gasteiger partial charge on any atom is -0.381 e. The van der Waals surface area contributed by atoms with E-state index in [1.54, 1.807) is 0 Å². The summed E-state index contributed by atoms with van der Waals surface area (Å²) in [5.41, 5.74) is 4.90. The zero-order valence-corrected chi connectivity index (χ0v) is 11.1. The molecule has 1 fully saturated rings. The molecule has 3 heterocycles. The van der Waals surface area contributed by atoms with E-state index in [2.05, 4.69) is 25.3 Å². The van der Waals surface area contributed by atoms with Crippen molar-refractivity contribution in [2.24, 2.45) is 0 Å². The van der Waals surface area contributed by atoms with Gasteiger partial charge in [-0.05, 0) is 6.92 Å². The predicted molar refractivity (Wildman–Crippen MR) is 67.4 cm³/mol. The van der Waals surface area contributed by atoms with E-state index in [1.165, 1.54) is 0 Å². The van der Waals surface area contributed by atoms with Gasteiger partial charge in [-0.1, -0.05) is 5.16 Å². The summed E-state index contributed by atoms with van der Waals surface area (Å²) in [5, 5.41) is 10.4. The lowest BCUT2D eigenvalue weighted by atomic mass is 9.93. The second-order valence-electron chi connectivity index (χ2n) is 4.51. The largest absolute Gasteiger partial charge is 0.381 e. The second kappa shape index (κ2) is 5.17. The topological polar surface area (TPSA) is 125 Å². The van der Waals surface area contributed by atoms with Crippen molar-refractivity contribution in [3.63, 3.8) is 0 Å². The lowest BCUT2D eigenvalue weighted by Crippen LogP contribution is -2.37. The highest BCUT2D eigenvalue weighted by Crippen LogP contribution is 2.34. The van der Waals surface area contributed by atoms with Gasteiger partial charge in [-0.25, -0.2) is 0 Å². The van der Waals surface area contributed by atoms with Crippen molar-refractivity contribution in [2.75, 3.05) is 25.6 Å². The molecule has 9 nitrogen and oxygen atoms in total. The molecule has 0 aromatic carbocycles. The smallest absolute Gasteiger partial charge is 0.295 e. The molecule has 3 N–H and O–H groups in total. The third kappa shape index (κ3) is 2.25. The number of rotatable bonds is 4. The molecule has 1 aliphatic rings. The summed E-state index contributed by atoms with van der Waals surface area (Å²) in [7, 11) is 0. The molecule has 0 atom stereocenters. The number of hydrogen-bond donors (Lipinski definition) is 2. The van der Waals surface area contributed by atoms with Crippen LogP contribution in [0.15, 0.2) is 4.52 Å². The molecular weight excluding hydrogens is 264 g/mol. The Morgan fingerprint density at radius 2 is 2.15 bits per heavy atom. The van der Waals surface area contributed by atoms with E-state index < -0.39 is 5.60 Å². The van der Waals surface area contributed by atoms with Gasteiger partial charge in [0.25, 0.3) is 5.89 Å². The number of anilines is 1. The lowest BCUT2D eigenvalue weighted by molar-refractivity contribution is -0.118. The van der Waals surface area contributed by atoms with Crippen molar-refractivity contribution in [2.45, 2.75) is 25.4 Å². The fraction of sp³-hybridized carbons (Fsp3) is 0.636. The average Bonchev–Trinajstić information content (AvgIpc) is 3.09. The quantitative estimate of drug-likeness (QED) is 0.828. The number of ether oxygens (including phenoxy) is 2. The van der Waals surface area contributed by atoms with Crippen LogP contribution in [0.25, 0.3) is 11.7 Å². The molecule has 1 aliphatic heterocycles. The molecule has 0 saturated carbocycles. The molecule has 0 radical (unpaired) electrons. The Hall–Kier alpha value is -2.00. The van der Waals surface area contributed by atoms with Gasteiger partial charge in [-0.2, -0.15) is 9.97 Å². The van der Waals surface area contributed by atoms with Gasteiger partial charge in [0, 0.05) is 32.7 Å². The van der Waals surface area contributed by atoms with Crippen LogP contribution in [-0.2, 0) is 15.1 Å². The van der Waals surface area contributed by atoms with Crippen LogP contribution >= 0.6 is 0 Å². The van der Waals surface area contributed by atoms with Gasteiger partial charge < -0.3 is 19.7 Å². The maximum atomic E-state index is 5.87. The summed E-state index contributed by atoms with van der Waals surface area (Å²) in [5.74, 6) is 1.23. The van der Waals surface area contributed by atoms with Crippen LogP contribution < -0.4 is 5.73 Å². The number of nitrogens with two attached hydrogens (primary N) is 1. The van der Waals surface area contributed by atoms with Crippen molar-refractivity contribution in [1.29, 1.82) is 0 Å². The Morgan fingerprint density at radius 1 is 1.35 bits per heavy atom. The first-order valence-electron chi connectivity index (χ1n) is 6.47. The fourth-order valence-electron chi connectivity index (χ4n) is 2.29. The van der Waals surface area contributed by atoms with E-state index in [4.69, 9.17) is 19.7 Å². The Balaban J connectivity index is 1.90. The van der Waals surface area contributed by atoms with Crippen molar-refractivity contribution >= 4 is 5.95 Å². The molecule has 3 rings (SSSR count). The van der Waals surface area contributed by atoms with Gasteiger partial charge in [-0.15, -0.1) is 5.10 Å². The fourth-order valence-corrected chi connectivity index (χ4v) is 2.29. The number of aromatic nitrogens is 5. The highest BCUT2D eigenvalue weighted by Gasteiger charge is 2.40. The number of nitrogens with zero attached hydrogens (tertiary/aromatic N) is 4. The molecule has 108 valence electrons. The van der Waals surface area contributed by atoms with Crippen molar-refractivity contribution in [3.8, 4) is 11.7 Å². The van der Waals surface area contributed by atoms with Gasteiger partial charge in [0.2, 0.25) is 17.6 Å². The van der Waals surface area contributed by atoms with E-state index >= 15 is 0 Å². The average molecular weight is 280 g/mol. The molecule has 0 aliphatic carbocycles. The highest BCUT2D eigenvalue weighted by molar-refractivity contribution is 5.41. The number of H-pyrrole nitrogens is 1. The van der Waals surface area contributed by atoms with Crippen molar-refractivity contribution in [3.05, 3.63) is 5.82 Å². The lowest BCUT2D eigenvalue weighted by Gasteiger charge is -2.33. The van der Waals surface area contributed by atoms with E-state index in [9.17, 15) is 0 Å². The van der Waals surface area contributed by atoms with Crippen LogP contribution in [-0.4, -0.2) is 45.1 Å². The second-order valence-corrected chi connectivity index (χ2v) is 4.51. The van der Waals surface area contributed by atoms with Crippen molar-refractivity contribution < 1.29 is 14.0 Å². The molecule has 0 bridgehead atoms. The zero-order valence-electron chi connectivity index (χ0n) is 11.1. The Bertz CT molecular complexity index is 569. The first kappa shape index (κ1) is 13.0. The van der Waals surface area contributed by atoms with E-state index in [1.807, 2.05) is 6.92 Å². The molecule has 0 amide bonds. The third-order valence-corrected chi connectivity index (χ3v) is 3.26. The summed E-state index contributed by atoms with van der Waals surface area (Å²) in [4.78, 5) is 8.32. The predicted octanol–water partition coefficient (Wildman–Crippen LogP) is 0.479. The maximum absolute atomic E-state index is 5.87. The maximum Gasteiger partial charge on any atom is 0.295 e. The Morgan fingerprint density at radius 3 is 2.80 bits per heavy atom. The van der Waals surface area contributed by atoms with Gasteiger partial charge in [0.05, 0.1) is 0 Å². The molecule has 2 aromatic rings. The van der Waals surface area contributed by atoms with E-state index in [0.29, 0.717) is 44.3 Å². The standard InChI is InChI=1S/C11H16N6O3/c1-2-19-11(3-5-18-6-4-11)9-14-8(20-17-9)7-13-10(12)16-15-7/h2-6H2,1H3,(H3,12,13,15,16). The zero-order chi connectivity index (χ0) is 14.0. The van der Waals surface area contributed by atoms with Gasteiger partial charge in [0.1, 0.15) is 5.60 Å². The number of nitrogens with one attached hydrogen (secondary N) is 1. The van der Waals surface area contributed by atoms with Gasteiger partial charge >= 0.3 is 0 Å². The summed E-state index contributed by atoms with van der Waals surface area (Å²) >= 11 is 0. The van der Waals surface area contributed by atoms with Crippen LogP contribution in [0.5, 0.6) is 0 Å². The molecule has 9 heteroatoms. The monoisotopic (exact) mass is 280 g/mol. The Kier molecular flexibility index (Phi) is 3.36. The van der Waals surface area contributed by atoms with Crippen LogP contribution in [0.2, 0.25) is 0 Å². The first-order chi connectivity index (χ1) is 9.73. The van der Waals surface area contributed by atoms with Crippen LogP contribution in [0.1, 0.15) is 25.6 Å². The van der Waals surface area contributed by atoms with Gasteiger partial charge in [0.15, 0.2) is 0 Å². The van der Waals surface area contributed by atoms with Crippen LogP contribution in [0, 0.1) is 0 Å². The summed E-state index contributed by atoms with van der Waals surface area (Å²) < 4.78 is 16.5. The van der Waals surface area contributed by atoms with Crippen LogP contribution in [0.3, 0.4) is 0 Å². The summed E-state index contributed by atoms with van der Waals surface area (Å²) in [6, 6.07) is 0. The molecule has 0 spiro atoms. The SMILES string of the molecule is CCOC1(c2noc(-c3nc(N)n[nH]3)n2)CCOCC1. The van der Waals surface area contributed by atoms with Crippen molar-refractivity contribution in [1.82, 2.24) is 25.3 Å². The first-order valence-corrected chi connectivity index (χ1v) is 6.47. The number of nitrogen functional groups attached to an aromatic ring is 1. The molecular formula is C11H16N6O3. The van der Waals surface area contributed by atoms with Gasteiger partial charge in [-0.3, -0.25) is 5.10 Å². The molecule has 1 saturated heterocycles. The molecule has 20 heavy (non-hydrogen) atoms. The third-order valence-electron chi connectivity index (χ3n) is 3.26. The Labute approximate surface area is 114 Å². The summed E-state index contributed by atoms with van der Waals surface area (Å²) in [6.45, 7) is 3.73. The highest BCUT2D eigenvalue weighted by atomic mass is 16.5. The number of aromatic amines is 1. The van der Waals surface area contributed by atoms with E-state index in [0.717, 1.165) is 0 Å². The number of hydrogen-bond acceptors (Lipinski definition) is 8. The minimum absolute atomic E-state index is 0.130. The molecule has 2 aromatic heterocycles. The van der Waals surface area contributed by atoms with Crippen LogP contribution in [0.4, 0.5) is 5.95 Å². The van der Waals surface area contributed by atoms with E-state index in [-0.39, 0.29) is 11.8 Å². The molecule has 0 unspecified atom stereocenters. The summed E-state index contributed by atoms with van der Waals surface area (Å²) in [6.07, 6.45) is 1.39. The normalized spacial score (nSPS) is 18.2.